The number of nitrogens with one attached hydrogen (secondary N) is 1. The molecule has 0 bridgehead atoms. The molecule has 0 atom stereocenters. The number of aryl methyl sites for hydroxylation is 1. The van der Waals surface area contributed by atoms with Crippen LogP contribution in [0, 0.1) is 18.6 Å². The lowest BCUT2D eigenvalue weighted by molar-refractivity contribution is 0.251. The highest BCUT2D eigenvalue weighted by Gasteiger charge is 2.31. The van der Waals surface area contributed by atoms with E-state index in [0.29, 0.717) is 35.1 Å². The second-order valence-corrected chi connectivity index (χ2v) is 7.55. The average Bonchev–Trinajstić information content (AvgIpc) is 3.29. The highest BCUT2D eigenvalue weighted by atomic mass is 19.2. The number of benzene rings is 2. The number of H-pyrrole nitrogens is 1. The van der Waals surface area contributed by atoms with Crippen molar-refractivity contribution in [1.29, 1.82) is 0 Å². The molecule has 4 aromatic rings. The number of imidazole rings is 1. The van der Waals surface area contributed by atoms with E-state index in [2.05, 4.69) is 19.9 Å². The van der Waals surface area contributed by atoms with Crippen molar-refractivity contribution in [2.45, 2.75) is 13.5 Å². The van der Waals surface area contributed by atoms with Crippen LogP contribution in [0.2, 0.25) is 0 Å². The lowest BCUT2D eigenvalue weighted by atomic mass is 10.1. The largest absolute Gasteiger partial charge is 0.338 e. The van der Waals surface area contributed by atoms with Gasteiger partial charge in [0.15, 0.2) is 11.6 Å². The van der Waals surface area contributed by atoms with Gasteiger partial charge in [-0.25, -0.2) is 28.5 Å². The summed E-state index contributed by atoms with van der Waals surface area (Å²) in [6, 6.07) is 9.38. The van der Waals surface area contributed by atoms with Crippen LogP contribution in [0.25, 0.3) is 22.6 Å². The molecule has 2 aromatic heterocycles. The Hall–Kier alpha value is -4.14. The van der Waals surface area contributed by atoms with Gasteiger partial charge in [-0.15, -0.1) is 0 Å². The Morgan fingerprint density at radius 1 is 1.09 bits per heavy atom. The zero-order chi connectivity index (χ0) is 22.4. The Bertz CT molecular complexity index is 1350. The third-order valence-electron chi connectivity index (χ3n) is 5.52. The zero-order valence-electron chi connectivity index (χ0n) is 17.3. The van der Waals surface area contributed by atoms with Crippen molar-refractivity contribution < 1.29 is 13.6 Å². The van der Waals surface area contributed by atoms with Gasteiger partial charge in [-0.05, 0) is 30.7 Å². The second-order valence-electron chi connectivity index (χ2n) is 7.55. The van der Waals surface area contributed by atoms with Gasteiger partial charge in [-0.3, -0.25) is 9.80 Å². The van der Waals surface area contributed by atoms with Crippen LogP contribution in [-0.4, -0.2) is 33.0 Å². The number of carbonyl (C=O) groups is 1. The Morgan fingerprint density at radius 2 is 1.94 bits per heavy atom. The molecule has 0 spiro atoms. The number of aromatic amines is 1. The molecule has 1 aliphatic heterocycles. The van der Waals surface area contributed by atoms with Crippen LogP contribution in [0.1, 0.15) is 11.1 Å². The van der Waals surface area contributed by atoms with Gasteiger partial charge in [0.25, 0.3) is 0 Å². The number of amides is 2. The van der Waals surface area contributed by atoms with Gasteiger partial charge in [0.1, 0.15) is 18.0 Å². The summed E-state index contributed by atoms with van der Waals surface area (Å²) in [5.74, 6) is -0.794. The molecule has 1 N–H and O–H groups in total. The van der Waals surface area contributed by atoms with Crippen LogP contribution >= 0.6 is 0 Å². The normalized spacial score (nSPS) is 13.4. The maximum absolute atomic E-state index is 14.2. The lowest BCUT2D eigenvalue weighted by Gasteiger charge is -2.34. The summed E-state index contributed by atoms with van der Waals surface area (Å²) in [5, 5.41) is 0. The van der Waals surface area contributed by atoms with E-state index in [1.165, 1.54) is 29.6 Å². The van der Waals surface area contributed by atoms with E-state index in [-0.39, 0.29) is 11.6 Å². The minimum Gasteiger partial charge on any atom is -0.338 e. The Labute approximate surface area is 182 Å². The number of carbonyl (C=O) groups excluding carboxylic acids is 1. The quantitative estimate of drug-likeness (QED) is 0.509. The molecule has 7 nitrogen and oxygen atoms in total. The van der Waals surface area contributed by atoms with E-state index in [9.17, 15) is 13.6 Å². The van der Waals surface area contributed by atoms with Crippen molar-refractivity contribution in [2.75, 3.05) is 16.8 Å². The van der Waals surface area contributed by atoms with Crippen LogP contribution in [0.5, 0.6) is 0 Å². The summed E-state index contributed by atoms with van der Waals surface area (Å²) < 4.78 is 27.8. The Kier molecular flexibility index (Phi) is 4.66. The van der Waals surface area contributed by atoms with Gasteiger partial charge in [-0.1, -0.05) is 18.2 Å². The predicted octanol–water partition coefficient (Wildman–Crippen LogP) is 4.70. The topological polar surface area (TPSA) is 78.0 Å². The molecule has 0 saturated carbocycles. The number of aromatic nitrogens is 4. The van der Waals surface area contributed by atoms with Gasteiger partial charge in [-0.2, -0.15) is 0 Å². The summed E-state index contributed by atoms with van der Waals surface area (Å²) in [6.07, 6.45) is 4.57. The SMILES string of the molecule is Cc1ccc(-c2ncc(-c3cccc(F)c3F)[nH]2)cc1N1Cc2cncnc2N(C)C1=O. The first-order chi connectivity index (χ1) is 15.4. The first-order valence-electron chi connectivity index (χ1n) is 9.88. The van der Waals surface area contributed by atoms with E-state index >= 15 is 0 Å². The van der Waals surface area contributed by atoms with Gasteiger partial charge < -0.3 is 4.98 Å². The molecule has 32 heavy (non-hydrogen) atoms. The summed E-state index contributed by atoms with van der Waals surface area (Å²) >= 11 is 0. The molecule has 0 radical (unpaired) electrons. The standard InChI is InChI=1S/C23H18F2N6O/c1-13-6-7-14(21-27-10-18(29-21)16-4-3-5-17(24)20(16)25)8-19(13)31-11-15-9-26-12-28-22(15)30(2)23(31)32/h3-10,12H,11H2,1-2H3,(H,27,29). The molecule has 5 rings (SSSR count). The Morgan fingerprint density at radius 3 is 2.78 bits per heavy atom. The van der Waals surface area contributed by atoms with Crippen LogP contribution in [-0.2, 0) is 6.54 Å². The molecule has 0 saturated heterocycles. The molecule has 2 amide bonds. The minimum atomic E-state index is -0.935. The summed E-state index contributed by atoms with van der Waals surface area (Å²) in [4.78, 5) is 31.8. The fourth-order valence-corrected chi connectivity index (χ4v) is 3.83. The predicted molar refractivity (Wildman–Crippen MR) is 116 cm³/mol. The van der Waals surface area contributed by atoms with Crippen LogP contribution in [0.15, 0.2) is 55.1 Å². The van der Waals surface area contributed by atoms with Gasteiger partial charge in [0, 0.05) is 35.6 Å². The second kappa shape index (κ2) is 7.52. The summed E-state index contributed by atoms with van der Waals surface area (Å²) in [6.45, 7) is 2.25. The number of hydrogen-bond donors (Lipinski definition) is 1. The Balaban J connectivity index is 1.53. The molecule has 160 valence electrons. The maximum atomic E-state index is 14.2. The van der Waals surface area contributed by atoms with Crippen molar-refractivity contribution in [3.8, 4) is 22.6 Å². The van der Waals surface area contributed by atoms with Crippen molar-refractivity contribution in [3.05, 3.63) is 77.9 Å². The molecule has 0 fully saturated rings. The van der Waals surface area contributed by atoms with E-state index in [4.69, 9.17) is 0 Å². The number of nitrogens with zero attached hydrogens (tertiary/aromatic N) is 5. The molecular formula is C23H18F2N6O. The number of hydrogen-bond acceptors (Lipinski definition) is 4. The van der Waals surface area contributed by atoms with Crippen molar-refractivity contribution in [1.82, 2.24) is 19.9 Å². The molecule has 9 heteroatoms. The highest BCUT2D eigenvalue weighted by molar-refractivity contribution is 6.05. The minimum absolute atomic E-state index is 0.0977. The van der Waals surface area contributed by atoms with Crippen molar-refractivity contribution in [3.63, 3.8) is 0 Å². The van der Waals surface area contributed by atoms with E-state index < -0.39 is 11.6 Å². The highest BCUT2D eigenvalue weighted by Crippen LogP contribution is 2.33. The number of anilines is 2. The zero-order valence-corrected chi connectivity index (χ0v) is 17.3. The van der Waals surface area contributed by atoms with E-state index in [1.54, 1.807) is 18.1 Å². The molecule has 2 aromatic carbocycles. The number of fused-ring (bicyclic) bond motifs is 1. The summed E-state index contributed by atoms with van der Waals surface area (Å²) in [7, 11) is 1.67. The lowest BCUT2D eigenvalue weighted by Crippen LogP contribution is -2.46. The van der Waals surface area contributed by atoms with Gasteiger partial charge in [0.05, 0.1) is 18.4 Å². The average molecular weight is 432 g/mol. The number of rotatable bonds is 3. The maximum Gasteiger partial charge on any atom is 0.330 e. The molecule has 0 aliphatic carbocycles. The monoisotopic (exact) mass is 432 g/mol. The number of halogens is 2. The fourth-order valence-electron chi connectivity index (χ4n) is 3.83. The van der Waals surface area contributed by atoms with Crippen LogP contribution in [0.3, 0.4) is 0 Å². The molecule has 0 unspecified atom stereocenters. The summed E-state index contributed by atoms with van der Waals surface area (Å²) in [5.41, 5.74) is 3.61. The van der Waals surface area contributed by atoms with Gasteiger partial charge in [0.2, 0.25) is 0 Å². The third-order valence-corrected chi connectivity index (χ3v) is 5.52. The molecular weight excluding hydrogens is 414 g/mol. The van der Waals surface area contributed by atoms with Crippen molar-refractivity contribution in [2.24, 2.45) is 0 Å². The van der Waals surface area contributed by atoms with Gasteiger partial charge >= 0.3 is 6.03 Å². The first kappa shape index (κ1) is 19.8. The van der Waals surface area contributed by atoms with Crippen LogP contribution < -0.4 is 9.80 Å². The van der Waals surface area contributed by atoms with E-state index in [0.717, 1.165) is 17.2 Å². The molecule has 3 heterocycles. The number of urea groups is 1. The molecule has 1 aliphatic rings. The van der Waals surface area contributed by atoms with E-state index in [1.807, 2.05) is 25.1 Å². The third kappa shape index (κ3) is 3.18. The van der Waals surface area contributed by atoms with Crippen molar-refractivity contribution >= 4 is 17.5 Å². The smallest absolute Gasteiger partial charge is 0.330 e. The fraction of sp³-hybridized carbons (Fsp3) is 0.130. The first-order valence-corrected chi connectivity index (χ1v) is 9.88. The van der Waals surface area contributed by atoms with Crippen LogP contribution in [0.4, 0.5) is 25.1 Å².